The summed E-state index contributed by atoms with van der Waals surface area (Å²) in [4.78, 5) is 12.5. The van der Waals surface area contributed by atoms with E-state index in [0.29, 0.717) is 22.3 Å². The van der Waals surface area contributed by atoms with E-state index in [0.717, 1.165) is 5.56 Å². The van der Waals surface area contributed by atoms with Crippen molar-refractivity contribution in [3.05, 3.63) is 70.7 Å². The van der Waals surface area contributed by atoms with Crippen LogP contribution in [-0.2, 0) is 6.54 Å². The second kappa shape index (κ2) is 7.59. The van der Waals surface area contributed by atoms with Crippen molar-refractivity contribution in [1.29, 1.82) is 0 Å². The highest BCUT2D eigenvalue weighted by molar-refractivity contribution is 8.00. The first-order valence-electron chi connectivity index (χ1n) is 7.40. The average molecular weight is 359 g/mol. The number of halogens is 1. The molecule has 0 radical (unpaired) electrons. The zero-order valence-electron chi connectivity index (χ0n) is 13.0. The van der Waals surface area contributed by atoms with Crippen molar-refractivity contribution >= 4 is 29.1 Å². The fraction of sp³-hybridized carbons (Fsp3) is 0.176. The molecule has 0 bridgehead atoms. The number of nitrogens with zero attached hydrogens (tertiary/aromatic N) is 4. The summed E-state index contributed by atoms with van der Waals surface area (Å²) >= 11 is 7.30. The van der Waals surface area contributed by atoms with E-state index in [2.05, 4.69) is 15.5 Å². The minimum atomic E-state index is -0.316. The maximum Gasteiger partial charge on any atom is 0.210 e. The predicted molar refractivity (Wildman–Crippen MR) is 94.5 cm³/mol. The molecule has 0 N–H and O–H groups in total. The highest BCUT2D eigenvalue weighted by atomic mass is 35.5. The number of Topliss-reactive ketones (excluding diaryl/α,β-unsaturated/α-hetero) is 1. The number of carbonyl (C=O) groups is 1. The van der Waals surface area contributed by atoms with Gasteiger partial charge in [0.25, 0.3) is 0 Å². The molecule has 0 unspecified atom stereocenters. The molecule has 0 aliphatic rings. The number of ketones is 1. The molecule has 24 heavy (non-hydrogen) atoms. The molecule has 1 aromatic heterocycles. The molecule has 2 aromatic carbocycles. The normalized spacial score (nSPS) is 12.1. The van der Waals surface area contributed by atoms with E-state index >= 15 is 0 Å². The standard InChI is InChI=1S/C17H15ClN4OS/c1-12(16(23)14-8-5-9-15(18)10-14)24-17-19-20-21-22(17)11-13-6-3-2-4-7-13/h2-10,12H,11H2,1H3/t12-/m0/s1. The molecule has 0 saturated carbocycles. The fourth-order valence-electron chi connectivity index (χ4n) is 2.22. The summed E-state index contributed by atoms with van der Waals surface area (Å²) in [6.07, 6.45) is 0. The first-order valence-corrected chi connectivity index (χ1v) is 8.66. The van der Waals surface area contributed by atoms with Gasteiger partial charge < -0.3 is 0 Å². The second-order valence-electron chi connectivity index (χ2n) is 5.24. The lowest BCUT2D eigenvalue weighted by Gasteiger charge is -2.10. The maximum absolute atomic E-state index is 12.5. The lowest BCUT2D eigenvalue weighted by atomic mass is 10.1. The van der Waals surface area contributed by atoms with Crippen molar-refractivity contribution in [2.75, 3.05) is 0 Å². The molecule has 7 heteroatoms. The lowest BCUT2D eigenvalue weighted by Crippen LogP contribution is -2.15. The molecule has 0 spiro atoms. The summed E-state index contributed by atoms with van der Waals surface area (Å²) in [7, 11) is 0. The van der Waals surface area contributed by atoms with Crippen LogP contribution < -0.4 is 0 Å². The van der Waals surface area contributed by atoms with Gasteiger partial charge in [0, 0.05) is 10.6 Å². The monoisotopic (exact) mass is 358 g/mol. The Balaban J connectivity index is 1.72. The summed E-state index contributed by atoms with van der Waals surface area (Å²) in [6, 6.07) is 16.9. The minimum Gasteiger partial charge on any atom is -0.293 e. The molecule has 0 fully saturated rings. The van der Waals surface area contributed by atoms with Gasteiger partial charge in [0.15, 0.2) is 5.78 Å². The third-order valence-corrected chi connectivity index (χ3v) is 4.74. The van der Waals surface area contributed by atoms with Gasteiger partial charge in [-0.15, -0.1) is 5.10 Å². The Bertz CT molecular complexity index is 837. The summed E-state index contributed by atoms with van der Waals surface area (Å²) < 4.78 is 1.70. The predicted octanol–water partition coefficient (Wildman–Crippen LogP) is 3.74. The molecule has 3 rings (SSSR count). The number of aromatic nitrogens is 4. The molecule has 0 aliphatic heterocycles. The first-order chi connectivity index (χ1) is 11.6. The van der Waals surface area contributed by atoms with Crippen molar-refractivity contribution in [3.63, 3.8) is 0 Å². The van der Waals surface area contributed by atoms with Gasteiger partial charge in [0.1, 0.15) is 0 Å². The van der Waals surface area contributed by atoms with Gasteiger partial charge in [0.05, 0.1) is 11.8 Å². The van der Waals surface area contributed by atoms with Gasteiger partial charge in [-0.3, -0.25) is 4.79 Å². The number of carbonyl (C=O) groups excluding carboxylic acids is 1. The van der Waals surface area contributed by atoms with Crippen LogP contribution in [0.1, 0.15) is 22.8 Å². The quantitative estimate of drug-likeness (QED) is 0.496. The summed E-state index contributed by atoms with van der Waals surface area (Å²) in [5, 5.41) is 12.6. The maximum atomic E-state index is 12.5. The third kappa shape index (κ3) is 4.01. The number of hydrogen-bond acceptors (Lipinski definition) is 5. The van der Waals surface area contributed by atoms with Crippen LogP contribution in [-0.4, -0.2) is 31.2 Å². The lowest BCUT2D eigenvalue weighted by molar-refractivity contribution is 0.0994. The summed E-state index contributed by atoms with van der Waals surface area (Å²) in [6.45, 7) is 2.41. The first kappa shape index (κ1) is 16.7. The van der Waals surface area contributed by atoms with E-state index in [4.69, 9.17) is 11.6 Å². The molecule has 1 atom stereocenters. The molecule has 1 heterocycles. The van der Waals surface area contributed by atoms with Crippen molar-refractivity contribution in [1.82, 2.24) is 20.2 Å². The van der Waals surface area contributed by atoms with Gasteiger partial charge in [0.2, 0.25) is 5.16 Å². The molecule has 0 amide bonds. The van der Waals surface area contributed by atoms with Crippen LogP contribution in [0.2, 0.25) is 5.02 Å². The minimum absolute atomic E-state index is 0.00300. The molecular weight excluding hydrogens is 344 g/mol. The Labute approximate surface area is 149 Å². The summed E-state index contributed by atoms with van der Waals surface area (Å²) in [5.74, 6) is -0.00300. The van der Waals surface area contributed by atoms with Crippen LogP contribution in [0, 0.1) is 0 Å². The molecule has 0 saturated heterocycles. The molecular formula is C17H15ClN4OS. The Morgan fingerprint density at radius 1 is 1.21 bits per heavy atom. The van der Waals surface area contributed by atoms with E-state index in [-0.39, 0.29) is 11.0 Å². The number of thioether (sulfide) groups is 1. The fourth-order valence-corrected chi connectivity index (χ4v) is 3.28. The second-order valence-corrected chi connectivity index (χ2v) is 6.98. The largest absolute Gasteiger partial charge is 0.293 e. The highest BCUT2D eigenvalue weighted by Gasteiger charge is 2.20. The topological polar surface area (TPSA) is 60.7 Å². The highest BCUT2D eigenvalue weighted by Crippen LogP contribution is 2.24. The van der Waals surface area contributed by atoms with Crippen molar-refractivity contribution in [2.45, 2.75) is 23.9 Å². The summed E-state index contributed by atoms with van der Waals surface area (Å²) in [5.41, 5.74) is 1.69. The molecule has 0 aliphatic carbocycles. The number of rotatable bonds is 6. The van der Waals surface area contributed by atoms with Crippen molar-refractivity contribution in [3.8, 4) is 0 Å². The van der Waals surface area contributed by atoms with Gasteiger partial charge in [-0.05, 0) is 35.0 Å². The zero-order chi connectivity index (χ0) is 16.9. The smallest absolute Gasteiger partial charge is 0.210 e. The number of tetrazole rings is 1. The average Bonchev–Trinajstić information content (AvgIpc) is 3.02. The number of hydrogen-bond donors (Lipinski definition) is 0. The third-order valence-electron chi connectivity index (χ3n) is 3.43. The van der Waals surface area contributed by atoms with Crippen LogP contribution in [0.4, 0.5) is 0 Å². The SMILES string of the molecule is C[C@H](Sc1nnnn1Cc1ccccc1)C(=O)c1cccc(Cl)c1. The van der Waals surface area contributed by atoms with Gasteiger partial charge in [-0.25, -0.2) is 4.68 Å². The zero-order valence-corrected chi connectivity index (χ0v) is 14.5. The van der Waals surface area contributed by atoms with E-state index in [9.17, 15) is 4.79 Å². The van der Waals surface area contributed by atoms with Gasteiger partial charge in [-0.2, -0.15) is 0 Å². The van der Waals surface area contributed by atoms with E-state index < -0.39 is 0 Å². The van der Waals surface area contributed by atoms with Gasteiger partial charge in [-0.1, -0.05) is 65.8 Å². The number of benzene rings is 2. The van der Waals surface area contributed by atoms with Crippen LogP contribution in [0.3, 0.4) is 0 Å². The van der Waals surface area contributed by atoms with Gasteiger partial charge >= 0.3 is 0 Å². The van der Waals surface area contributed by atoms with E-state index in [1.54, 1.807) is 28.9 Å². The molecule has 122 valence electrons. The Morgan fingerprint density at radius 3 is 2.75 bits per heavy atom. The molecule has 5 nitrogen and oxygen atoms in total. The van der Waals surface area contributed by atoms with Crippen LogP contribution >= 0.6 is 23.4 Å². The Hall–Kier alpha value is -2.18. The van der Waals surface area contributed by atoms with Crippen LogP contribution in [0.5, 0.6) is 0 Å². The van der Waals surface area contributed by atoms with E-state index in [1.165, 1.54) is 11.8 Å². The molecule has 3 aromatic rings. The van der Waals surface area contributed by atoms with E-state index in [1.807, 2.05) is 37.3 Å². The van der Waals surface area contributed by atoms with Crippen molar-refractivity contribution < 1.29 is 4.79 Å². The van der Waals surface area contributed by atoms with Crippen LogP contribution in [0.15, 0.2) is 59.8 Å². The van der Waals surface area contributed by atoms with Crippen molar-refractivity contribution in [2.24, 2.45) is 0 Å². The Morgan fingerprint density at radius 2 is 2.00 bits per heavy atom. The Kier molecular flexibility index (Phi) is 5.27. The van der Waals surface area contributed by atoms with Crippen LogP contribution in [0.25, 0.3) is 0 Å².